The standard InChI is InChI=1S/C16H17FN2O2/c1-10-4-5-14(17)13(6-10)9-18-15-7-12(3)16(19(20)21)8-11(15)2/h4-8,18H,9H2,1-3H3. The number of nitrogens with one attached hydrogen (secondary N) is 1. The van der Waals surface area contributed by atoms with Gasteiger partial charge >= 0.3 is 0 Å². The van der Waals surface area contributed by atoms with Gasteiger partial charge in [-0.1, -0.05) is 17.7 Å². The Kier molecular flexibility index (Phi) is 4.21. The molecule has 5 heteroatoms. The number of hydrogen-bond acceptors (Lipinski definition) is 3. The minimum Gasteiger partial charge on any atom is -0.381 e. The molecule has 2 rings (SSSR count). The van der Waals surface area contributed by atoms with Gasteiger partial charge in [-0.25, -0.2) is 4.39 Å². The Bertz CT molecular complexity index is 699. The van der Waals surface area contributed by atoms with Crippen molar-refractivity contribution in [2.24, 2.45) is 0 Å². The van der Waals surface area contributed by atoms with Gasteiger partial charge in [-0.2, -0.15) is 0 Å². The summed E-state index contributed by atoms with van der Waals surface area (Å²) in [6.45, 7) is 5.73. The molecule has 0 saturated heterocycles. The number of anilines is 1. The highest BCUT2D eigenvalue weighted by molar-refractivity contribution is 5.59. The van der Waals surface area contributed by atoms with Crippen LogP contribution >= 0.6 is 0 Å². The van der Waals surface area contributed by atoms with E-state index in [0.717, 1.165) is 16.8 Å². The Morgan fingerprint density at radius 3 is 2.52 bits per heavy atom. The van der Waals surface area contributed by atoms with Crippen LogP contribution in [0.3, 0.4) is 0 Å². The lowest BCUT2D eigenvalue weighted by Crippen LogP contribution is -2.04. The first-order valence-electron chi connectivity index (χ1n) is 6.63. The number of halogens is 1. The van der Waals surface area contributed by atoms with Crippen LogP contribution < -0.4 is 5.32 Å². The van der Waals surface area contributed by atoms with Crippen LogP contribution in [-0.2, 0) is 6.54 Å². The van der Waals surface area contributed by atoms with E-state index in [1.165, 1.54) is 12.1 Å². The highest BCUT2D eigenvalue weighted by atomic mass is 19.1. The topological polar surface area (TPSA) is 55.2 Å². The minimum absolute atomic E-state index is 0.0970. The predicted molar refractivity (Wildman–Crippen MR) is 81.0 cm³/mol. The molecule has 2 aromatic rings. The lowest BCUT2D eigenvalue weighted by atomic mass is 10.1. The van der Waals surface area contributed by atoms with E-state index in [-0.39, 0.29) is 11.5 Å². The summed E-state index contributed by atoms with van der Waals surface area (Å²) in [5, 5.41) is 14.0. The van der Waals surface area contributed by atoms with E-state index in [1.807, 2.05) is 6.92 Å². The first-order chi connectivity index (χ1) is 9.88. The molecule has 0 atom stereocenters. The van der Waals surface area contributed by atoms with Crippen molar-refractivity contribution in [1.82, 2.24) is 0 Å². The Hall–Kier alpha value is -2.43. The van der Waals surface area contributed by atoms with Gasteiger partial charge in [0.05, 0.1) is 4.92 Å². The minimum atomic E-state index is -0.396. The molecule has 0 fully saturated rings. The summed E-state index contributed by atoms with van der Waals surface area (Å²) in [5.74, 6) is -0.260. The molecule has 2 aromatic carbocycles. The quantitative estimate of drug-likeness (QED) is 0.675. The zero-order chi connectivity index (χ0) is 15.6. The molecule has 0 bridgehead atoms. The van der Waals surface area contributed by atoms with Gasteiger partial charge in [0.2, 0.25) is 0 Å². The zero-order valence-corrected chi connectivity index (χ0v) is 12.2. The third-order valence-electron chi connectivity index (χ3n) is 3.41. The van der Waals surface area contributed by atoms with Gasteiger partial charge < -0.3 is 5.32 Å². The van der Waals surface area contributed by atoms with Crippen LogP contribution in [0.2, 0.25) is 0 Å². The highest BCUT2D eigenvalue weighted by Gasteiger charge is 2.13. The number of rotatable bonds is 4. The van der Waals surface area contributed by atoms with Gasteiger partial charge in [0, 0.05) is 29.4 Å². The summed E-state index contributed by atoms with van der Waals surface area (Å²) in [6.07, 6.45) is 0. The molecule has 0 aliphatic carbocycles. The van der Waals surface area contributed by atoms with E-state index in [1.54, 1.807) is 32.0 Å². The summed E-state index contributed by atoms with van der Waals surface area (Å²) in [6, 6.07) is 8.21. The second kappa shape index (κ2) is 5.91. The van der Waals surface area contributed by atoms with Crippen molar-refractivity contribution in [2.45, 2.75) is 27.3 Å². The predicted octanol–water partition coefficient (Wildman–Crippen LogP) is 4.27. The summed E-state index contributed by atoms with van der Waals surface area (Å²) < 4.78 is 13.7. The number of aryl methyl sites for hydroxylation is 3. The van der Waals surface area contributed by atoms with Gasteiger partial charge in [-0.05, 0) is 38.5 Å². The zero-order valence-electron chi connectivity index (χ0n) is 12.2. The normalized spacial score (nSPS) is 10.5. The molecule has 4 nitrogen and oxygen atoms in total. The first kappa shape index (κ1) is 15.0. The third kappa shape index (κ3) is 3.37. The van der Waals surface area contributed by atoms with Crippen LogP contribution in [0.4, 0.5) is 15.8 Å². The van der Waals surface area contributed by atoms with Crippen molar-refractivity contribution in [3.63, 3.8) is 0 Å². The Morgan fingerprint density at radius 1 is 1.14 bits per heavy atom. The first-order valence-corrected chi connectivity index (χ1v) is 6.63. The van der Waals surface area contributed by atoms with Crippen LogP contribution in [0, 0.1) is 36.7 Å². The second-order valence-electron chi connectivity index (χ2n) is 5.16. The van der Waals surface area contributed by atoms with Gasteiger partial charge in [0.15, 0.2) is 0 Å². The maximum Gasteiger partial charge on any atom is 0.272 e. The summed E-state index contributed by atoms with van der Waals surface area (Å²) in [4.78, 5) is 10.5. The monoisotopic (exact) mass is 288 g/mol. The van der Waals surface area contributed by atoms with Crippen molar-refractivity contribution in [3.05, 3.63) is 68.5 Å². The summed E-state index contributed by atoms with van der Waals surface area (Å²) in [5.41, 5.74) is 3.78. The number of nitro benzene ring substituents is 1. The van der Waals surface area contributed by atoms with Crippen molar-refractivity contribution < 1.29 is 9.31 Å². The number of hydrogen-bond donors (Lipinski definition) is 1. The maximum atomic E-state index is 13.7. The van der Waals surface area contributed by atoms with Crippen LogP contribution in [0.25, 0.3) is 0 Å². The molecule has 0 spiro atoms. The average Bonchev–Trinajstić information content (AvgIpc) is 2.42. The van der Waals surface area contributed by atoms with Crippen LogP contribution in [-0.4, -0.2) is 4.92 Å². The smallest absolute Gasteiger partial charge is 0.272 e. The van der Waals surface area contributed by atoms with Crippen LogP contribution in [0.1, 0.15) is 22.3 Å². The fraction of sp³-hybridized carbons (Fsp3) is 0.250. The summed E-state index contributed by atoms with van der Waals surface area (Å²) >= 11 is 0. The molecule has 0 aliphatic heterocycles. The number of nitro groups is 1. The van der Waals surface area contributed by atoms with Crippen LogP contribution in [0.15, 0.2) is 30.3 Å². The molecular formula is C16H17FN2O2. The van der Waals surface area contributed by atoms with Crippen molar-refractivity contribution in [2.75, 3.05) is 5.32 Å². The van der Waals surface area contributed by atoms with Gasteiger partial charge in [-0.15, -0.1) is 0 Å². The average molecular weight is 288 g/mol. The number of benzene rings is 2. The molecule has 1 N–H and O–H groups in total. The molecule has 0 saturated carbocycles. The number of nitrogens with zero attached hydrogens (tertiary/aromatic N) is 1. The molecule has 110 valence electrons. The molecular weight excluding hydrogens is 271 g/mol. The van der Waals surface area contributed by atoms with Crippen molar-refractivity contribution in [3.8, 4) is 0 Å². The van der Waals surface area contributed by atoms with E-state index in [2.05, 4.69) is 5.32 Å². The molecule has 0 heterocycles. The largest absolute Gasteiger partial charge is 0.381 e. The van der Waals surface area contributed by atoms with E-state index in [9.17, 15) is 14.5 Å². The molecule has 0 unspecified atom stereocenters. The second-order valence-corrected chi connectivity index (χ2v) is 5.16. The van der Waals surface area contributed by atoms with E-state index in [4.69, 9.17) is 0 Å². The maximum absolute atomic E-state index is 13.7. The fourth-order valence-electron chi connectivity index (χ4n) is 2.22. The molecule has 0 aromatic heterocycles. The van der Waals surface area contributed by atoms with Crippen molar-refractivity contribution >= 4 is 11.4 Å². The lowest BCUT2D eigenvalue weighted by molar-refractivity contribution is -0.385. The van der Waals surface area contributed by atoms with Gasteiger partial charge in [0.25, 0.3) is 5.69 Å². The highest BCUT2D eigenvalue weighted by Crippen LogP contribution is 2.26. The van der Waals surface area contributed by atoms with E-state index >= 15 is 0 Å². The summed E-state index contributed by atoms with van der Waals surface area (Å²) in [7, 11) is 0. The Morgan fingerprint density at radius 2 is 1.86 bits per heavy atom. The third-order valence-corrected chi connectivity index (χ3v) is 3.41. The van der Waals surface area contributed by atoms with Gasteiger partial charge in [0.1, 0.15) is 5.82 Å². The SMILES string of the molecule is Cc1ccc(F)c(CNc2cc(C)c([N+](=O)[O-])cc2C)c1. The van der Waals surface area contributed by atoms with E-state index in [0.29, 0.717) is 17.7 Å². The van der Waals surface area contributed by atoms with Gasteiger partial charge in [-0.3, -0.25) is 10.1 Å². The lowest BCUT2D eigenvalue weighted by Gasteiger charge is -2.12. The molecule has 0 radical (unpaired) electrons. The fourth-order valence-corrected chi connectivity index (χ4v) is 2.22. The Balaban J connectivity index is 2.22. The molecule has 21 heavy (non-hydrogen) atoms. The van der Waals surface area contributed by atoms with Crippen LogP contribution in [0.5, 0.6) is 0 Å². The molecule has 0 aliphatic rings. The Labute approximate surface area is 122 Å². The molecule has 0 amide bonds. The van der Waals surface area contributed by atoms with Crippen molar-refractivity contribution in [1.29, 1.82) is 0 Å². The van der Waals surface area contributed by atoms with E-state index < -0.39 is 4.92 Å².